The van der Waals surface area contributed by atoms with E-state index in [1.54, 1.807) is 7.11 Å². The van der Waals surface area contributed by atoms with E-state index in [9.17, 15) is 14.4 Å². The molecule has 1 rings (SSSR count). The monoisotopic (exact) mass is 404 g/mol. The van der Waals surface area contributed by atoms with Crippen molar-refractivity contribution in [3.05, 3.63) is 0 Å². The van der Waals surface area contributed by atoms with E-state index in [0.717, 1.165) is 12.3 Å². The minimum atomic E-state index is -0.490. The van der Waals surface area contributed by atoms with Gasteiger partial charge in [0.2, 0.25) is 12.3 Å². The summed E-state index contributed by atoms with van der Waals surface area (Å²) in [6.07, 6.45) is 3.12. The van der Waals surface area contributed by atoms with Crippen LogP contribution in [0.3, 0.4) is 0 Å². The highest BCUT2D eigenvalue weighted by atomic mass is 16.5. The van der Waals surface area contributed by atoms with Crippen LogP contribution < -0.4 is 5.32 Å². The maximum absolute atomic E-state index is 11.5. The van der Waals surface area contributed by atoms with Crippen molar-refractivity contribution < 1.29 is 23.9 Å². The van der Waals surface area contributed by atoms with E-state index >= 15 is 0 Å². The zero-order valence-electron chi connectivity index (χ0n) is 19.8. The summed E-state index contributed by atoms with van der Waals surface area (Å²) in [6.45, 7) is 17.3. The Morgan fingerprint density at radius 1 is 1.18 bits per heavy atom. The third kappa shape index (κ3) is 20.7. The van der Waals surface area contributed by atoms with Crippen molar-refractivity contribution in [2.24, 2.45) is 5.92 Å². The number of esters is 1. The second kappa shape index (κ2) is 18.7. The number of rotatable bonds is 4. The van der Waals surface area contributed by atoms with Gasteiger partial charge in [-0.15, -0.1) is 0 Å². The Hall–Kier alpha value is -1.63. The van der Waals surface area contributed by atoms with Crippen molar-refractivity contribution in [1.82, 2.24) is 10.2 Å². The van der Waals surface area contributed by atoms with Gasteiger partial charge in [0.25, 0.3) is 0 Å². The molecule has 1 heterocycles. The number of carbonyl (C=O) groups is 3. The fourth-order valence-electron chi connectivity index (χ4n) is 1.68. The lowest BCUT2D eigenvalue weighted by molar-refractivity contribution is -0.150. The molecule has 1 saturated heterocycles. The molecule has 0 bridgehead atoms. The third-order valence-corrected chi connectivity index (χ3v) is 3.00. The summed E-state index contributed by atoms with van der Waals surface area (Å²) < 4.78 is 9.53. The topological polar surface area (TPSA) is 84.9 Å². The molecule has 0 radical (unpaired) electrons. The maximum atomic E-state index is 11.5. The molecule has 0 saturated carbocycles. The molecule has 0 aromatic carbocycles. The van der Waals surface area contributed by atoms with Gasteiger partial charge in [-0.1, -0.05) is 41.0 Å². The van der Waals surface area contributed by atoms with Gasteiger partial charge in [0, 0.05) is 13.7 Å². The van der Waals surface area contributed by atoms with Crippen LogP contribution in [0.15, 0.2) is 0 Å². The van der Waals surface area contributed by atoms with Crippen LogP contribution in [0.1, 0.15) is 74.7 Å². The molecule has 0 aliphatic carbocycles. The number of likely N-dealkylation sites (tertiary alicyclic amines) is 1. The molecule has 168 valence electrons. The summed E-state index contributed by atoms with van der Waals surface area (Å²) in [7, 11) is 3.01. The number of nitrogens with one attached hydrogen (secondary N) is 1. The lowest BCUT2D eigenvalue weighted by Gasteiger charge is -2.22. The van der Waals surface area contributed by atoms with Gasteiger partial charge >= 0.3 is 5.97 Å². The number of nitrogens with zero attached hydrogens (tertiary/aromatic N) is 1. The highest BCUT2D eigenvalue weighted by Gasteiger charge is 2.34. The largest absolute Gasteiger partial charge is 0.467 e. The van der Waals surface area contributed by atoms with Crippen LogP contribution in [-0.2, 0) is 23.9 Å². The Balaban J connectivity index is -0.000000397. The first kappa shape index (κ1) is 31.1. The third-order valence-electron chi connectivity index (χ3n) is 3.00. The number of amides is 2. The summed E-state index contributed by atoms with van der Waals surface area (Å²) in [5, 5.41) is 2.28. The standard InChI is InChI=1S/C9H14N2O4.C5H12O.C4H10.C3H8/c1-15-9(14)7-3-2-4-11(7)8(13)5-10-6-12;1-5(2,3)6-4;1-4(2)3;1-3-2/h6-7H,2-5H2,1H3,(H,10,12);1-4H3;4H,1-3H3;3H2,1-2H3. The second-order valence-electron chi connectivity index (χ2n) is 8.02. The molecular formula is C21H44N2O5. The zero-order valence-corrected chi connectivity index (χ0v) is 19.8. The fraction of sp³-hybridized carbons (Fsp3) is 0.857. The number of carbonyl (C=O) groups excluding carboxylic acids is 3. The molecule has 0 aromatic heterocycles. The van der Waals surface area contributed by atoms with Gasteiger partial charge in [-0.3, -0.25) is 9.59 Å². The Bertz CT molecular complexity index is 403. The summed E-state index contributed by atoms with van der Waals surface area (Å²) in [6, 6.07) is -0.490. The van der Waals surface area contributed by atoms with Crippen LogP contribution in [0.2, 0.25) is 0 Å². The van der Waals surface area contributed by atoms with Gasteiger partial charge in [-0.2, -0.15) is 0 Å². The smallest absolute Gasteiger partial charge is 0.328 e. The molecule has 1 fully saturated rings. The van der Waals surface area contributed by atoms with Gasteiger partial charge in [0.05, 0.1) is 19.3 Å². The average molecular weight is 405 g/mol. The van der Waals surface area contributed by atoms with E-state index in [-0.39, 0.29) is 18.1 Å². The van der Waals surface area contributed by atoms with Crippen LogP contribution in [0.4, 0.5) is 0 Å². The first-order valence-electron chi connectivity index (χ1n) is 10.0. The van der Waals surface area contributed by atoms with Gasteiger partial charge in [0.15, 0.2) is 0 Å². The SMILES string of the molecule is CC(C)C.CCC.COC(=O)C1CCCN1C(=O)CNC=O.COC(C)(C)C. The van der Waals surface area contributed by atoms with Gasteiger partial charge < -0.3 is 19.7 Å². The predicted molar refractivity (Wildman–Crippen MR) is 114 cm³/mol. The molecule has 1 unspecified atom stereocenters. The van der Waals surface area contributed by atoms with Crippen molar-refractivity contribution in [2.75, 3.05) is 27.3 Å². The van der Waals surface area contributed by atoms with Crippen LogP contribution in [0.25, 0.3) is 0 Å². The van der Waals surface area contributed by atoms with Gasteiger partial charge in [-0.25, -0.2) is 4.79 Å². The van der Waals surface area contributed by atoms with Crippen molar-refractivity contribution in [3.8, 4) is 0 Å². The molecule has 1 N–H and O–H groups in total. The number of hydrogen-bond acceptors (Lipinski definition) is 5. The van der Waals surface area contributed by atoms with E-state index in [4.69, 9.17) is 4.74 Å². The lowest BCUT2D eigenvalue weighted by Crippen LogP contribution is -2.44. The first-order chi connectivity index (χ1) is 12.9. The molecule has 1 aliphatic heterocycles. The highest BCUT2D eigenvalue weighted by Crippen LogP contribution is 2.18. The summed E-state index contributed by atoms with van der Waals surface area (Å²) >= 11 is 0. The van der Waals surface area contributed by atoms with Crippen molar-refractivity contribution >= 4 is 18.3 Å². The minimum Gasteiger partial charge on any atom is -0.467 e. The Labute approximate surface area is 172 Å². The Kier molecular flexibility index (Phi) is 20.8. The Morgan fingerprint density at radius 3 is 1.93 bits per heavy atom. The molecule has 7 heteroatoms. The molecule has 1 atom stereocenters. The van der Waals surface area contributed by atoms with Crippen molar-refractivity contribution in [1.29, 1.82) is 0 Å². The molecule has 28 heavy (non-hydrogen) atoms. The molecule has 7 nitrogen and oxygen atoms in total. The minimum absolute atomic E-state index is 0.0417. The quantitative estimate of drug-likeness (QED) is 0.573. The van der Waals surface area contributed by atoms with Crippen molar-refractivity contribution in [3.63, 3.8) is 0 Å². The number of ether oxygens (including phenoxy) is 2. The van der Waals surface area contributed by atoms with Crippen molar-refractivity contribution in [2.45, 2.75) is 86.3 Å². The van der Waals surface area contributed by atoms with Gasteiger partial charge in [-0.05, 0) is 39.5 Å². The average Bonchev–Trinajstić information content (AvgIpc) is 3.09. The maximum Gasteiger partial charge on any atom is 0.328 e. The highest BCUT2D eigenvalue weighted by molar-refractivity contribution is 5.86. The van der Waals surface area contributed by atoms with E-state index < -0.39 is 12.0 Å². The van der Waals surface area contributed by atoms with Crippen LogP contribution in [-0.4, -0.2) is 62.1 Å². The van der Waals surface area contributed by atoms with Gasteiger partial charge in [0.1, 0.15) is 6.04 Å². The van der Waals surface area contributed by atoms with E-state index in [1.165, 1.54) is 18.4 Å². The van der Waals surface area contributed by atoms with E-state index in [2.05, 4.69) is 44.7 Å². The fourth-order valence-corrected chi connectivity index (χ4v) is 1.68. The normalized spacial score (nSPS) is 15.1. The molecule has 1 aliphatic rings. The van der Waals surface area contributed by atoms with Crippen LogP contribution >= 0.6 is 0 Å². The summed E-state index contributed by atoms with van der Waals surface area (Å²) in [5.74, 6) is 0.182. The lowest BCUT2D eigenvalue weighted by atomic mass is 10.2. The number of methoxy groups -OCH3 is 2. The second-order valence-corrected chi connectivity index (χ2v) is 8.02. The zero-order chi connectivity index (χ0) is 22.8. The summed E-state index contributed by atoms with van der Waals surface area (Å²) in [4.78, 5) is 34.3. The first-order valence-corrected chi connectivity index (χ1v) is 10.0. The summed E-state index contributed by atoms with van der Waals surface area (Å²) in [5.41, 5.74) is 0.0417. The number of hydrogen-bond donors (Lipinski definition) is 1. The van der Waals surface area contributed by atoms with Crippen LogP contribution in [0.5, 0.6) is 0 Å². The Morgan fingerprint density at radius 2 is 1.61 bits per heavy atom. The molecular weight excluding hydrogens is 360 g/mol. The molecule has 0 aromatic rings. The van der Waals surface area contributed by atoms with E-state index in [1.807, 2.05) is 20.8 Å². The predicted octanol–water partition coefficient (Wildman–Crippen LogP) is 3.41. The van der Waals surface area contributed by atoms with Crippen LogP contribution in [0, 0.1) is 5.92 Å². The van der Waals surface area contributed by atoms with E-state index in [0.29, 0.717) is 19.4 Å². The molecule has 2 amide bonds. The molecule has 0 spiro atoms.